The number of benzene rings is 1. The van der Waals surface area contributed by atoms with Crippen LogP contribution in [-0.2, 0) is 0 Å². The number of aryl methyl sites for hydroxylation is 1. The molecule has 3 aromatic rings. The number of aromatic nitrogens is 3. The minimum atomic E-state index is -0.237. The molecule has 0 radical (unpaired) electrons. The number of para-hydroxylation sites is 2. The van der Waals surface area contributed by atoms with E-state index in [4.69, 9.17) is 9.47 Å². The Balaban J connectivity index is 1.70. The highest BCUT2D eigenvalue weighted by atomic mass is 16.6. The molecule has 0 bridgehead atoms. The molecule has 20 heavy (non-hydrogen) atoms. The van der Waals surface area contributed by atoms with E-state index < -0.39 is 0 Å². The van der Waals surface area contributed by atoms with Crippen LogP contribution >= 0.6 is 0 Å². The summed E-state index contributed by atoms with van der Waals surface area (Å²) in [5.41, 5.74) is 2.72. The molecule has 5 heteroatoms. The number of nitrogens with one attached hydrogen (secondary N) is 1. The molecule has 1 atom stereocenters. The lowest BCUT2D eigenvalue weighted by Crippen LogP contribution is -2.22. The van der Waals surface area contributed by atoms with Gasteiger partial charge in [0.1, 0.15) is 6.61 Å². The lowest BCUT2D eigenvalue weighted by Gasteiger charge is -2.24. The molecule has 1 aliphatic rings. The summed E-state index contributed by atoms with van der Waals surface area (Å²) < 4.78 is 11.6. The van der Waals surface area contributed by atoms with Crippen LogP contribution in [0, 0.1) is 6.92 Å². The minimum absolute atomic E-state index is 0.237. The second kappa shape index (κ2) is 4.23. The molecule has 3 heterocycles. The SMILES string of the molecule is Cc1cnc2nc(C3COc4ccccc4O3)[nH]c2c1. The Hall–Kier alpha value is -2.56. The fourth-order valence-electron chi connectivity index (χ4n) is 2.33. The first-order valence-electron chi connectivity index (χ1n) is 6.50. The first-order valence-corrected chi connectivity index (χ1v) is 6.50. The largest absolute Gasteiger partial charge is 0.485 e. The van der Waals surface area contributed by atoms with Gasteiger partial charge in [-0.1, -0.05) is 12.1 Å². The third-order valence-corrected chi connectivity index (χ3v) is 3.31. The molecule has 1 N–H and O–H groups in total. The molecule has 0 fully saturated rings. The number of pyridine rings is 1. The molecule has 2 aromatic heterocycles. The van der Waals surface area contributed by atoms with Gasteiger partial charge in [-0.15, -0.1) is 0 Å². The summed E-state index contributed by atoms with van der Waals surface area (Å²) >= 11 is 0. The Morgan fingerprint density at radius 3 is 3.00 bits per heavy atom. The molecule has 0 saturated carbocycles. The van der Waals surface area contributed by atoms with Crippen molar-refractivity contribution in [2.45, 2.75) is 13.0 Å². The topological polar surface area (TPSA) is 60.0 Å². The highest BCUT2D eigenvalue weighted by molar-refractivity contribution is 5.71. The third kappa shape index (κ3) is 1.79. The second-order valence-electron chi connectivity index (χ2n) is 4.87. The summed E-state index contributed by atoms with van der Waals surface area (Å²) in [4.78, 5) is 12.0. The van der Waals surface area contributed by atoms with Gasteiger partial charge in [0, 0.05) is 6.20 Å². The molecule has 0 aliphatic carbocycles. The van der Waals surface area contributed by atoms with Crippen LogP contribution < -0.4 is 9.47 Å². The van der Waals surface area contributed by atoms with Crippen LogP contribution in [0.5, 0.6) is 11.5 Å². The van der Waals surface area contributed by atoms with Gasteiger partial charge in [0.15, 0.2) is 29.1 Å². The number of fused-ring (bicyclic) bond motifs is 2. The minimum Gasteiger partial charge on any atom is -0.485 e. The number of rotatable bonds is 1. The lowest BCUT2D eigenvalue weighted by atomic mass is 10.2. The first kappa shape index (κ1) is 11.3. The van der Waals surface area contributed by atoms with E-state index in [0.717, 1.165) is 28.4 Å². The summed E-state index contributed by atoms with van der Waals surface area (Å²) in [6.07, 6.45) is 1.57. The van der Waals surface area contributed by atoms with Gasteiger partial charge in [0.05, 0.1) is 5.52 Å². The van der Waals surface area contributed by atoms with Crippen molar-refractivity contribution in [2.75, 3.05) is 6.61 Å². The number of H-pyrrole nitrogens is 1. The number of aromatic amines is 1. The van der Waals surface area contributed by atoms with Crippen LogP contribution in [0.2, 0.25) is 0 Å². The van der Waals surface area contributed by atoms with E-state index in [1.165, 1.54) is 0 Å². The zero-order chi connectivity index (χ0) is 13.5. The average molecular weight is 267 g/mol. The number of imidazole rings is 1. The van der Waals surface area contributed by atoms with Crippen LogP contribution in [0.15, 0.2) is 36.5 Å². The third-order valence-electron chi connectivity index (χ3n) is 3.31. The molecule has 1 aliphatic heterocycles. The maximum atomic E-state index is 5.93. The zero-order valence-electron chi connectivity index (χ0n) is 11.0. The van der Waals surface area contributed by atoms with E-state index in [9.17, 15) is 0 Å². The Kier molecular flexibility index (Phi) is 2.39. The van der Waals surface area contributed by atoms with Crippen LogP contribution in [0.25, 0.3) is 11.2 Å². The monoisotopic (exact) mass is 267 g/mol. The number of nitrogens with zero attached hydrogens (tertiary/aromatic N) is 2. The van der Waals surface area contributed by atoms with Gasteiger partial charge in [-0.05, 0) is 30.7 Å². The van der Waals surface area contributed by atoms with Crippen molar-refractivity contribution in [2.24, 2.45) is 0 Å². The van der Waals surface area contributed by atoms with Crippen molar-refractivity contribution in [1.82, 2.24) is 15.0 Å². The maximum Gasteiger partial charge on any atom is 0.190 e. The van der Waals surface area contributed by atoms with Crippen molar-refractivity contribution in [3.63, 3.8) is 0 Å². The second-order valence-corrected chi connectivity index (χ2v) is 4.87. The van der Waals surface area contributed by atoms with Crippen molar-refractivity contribution < 1.29 is 9.47 Å². The highest BCUT2D eigenvalue weighted by Gasteiger charge is 2.25. The van der Waals surface area contributed by atoms with E-state index in [1.54, 1.807) is 6.20 Å². The Bertz CT molecular complexity index is 782. The summed E-state index contributed by atoms with van der Waals surface area (Å²) in [6.45, 7) is 2.44. The van der Waals surface area contributed by atoms with Gasteiger partial charge in [0.2, 0.25) is 0 Å². The molecule has 1 unspecified atom stereocenters. The molecule has 0 amide bonds. The smallest absolute Gasteiger partial charge is 0.190 e. The van der Waals surface area contributed by atoms with E-state index in [0.29, 0.717) is 12.3 Å². The fraction of sp³-hybridized carbons (Fsp3) is 0.200. The zero-order valence-corrected chi connectivity index (χ0v) is 11.0. The van der Waals surface area contributed by atoms with E-state index in [2.05, 4.69) is 15.0 Å². The first-order chi connectivity index (χ1) is 9.79. The van der Waals surface area contributed by atoms with Crippen molar-refractivity contribution >= 4 is 11.2 Å². The molecule has 5 nitrogen and oxygen atoms in total. The molecule has 0 saturated heterocycles. The number of hydrogen-bond donors (Lipinski definition) is 1. The molecule has 100 valence electrons. The van der Waals surface area contributed by atoms with Gasteiger partial charge < -0.3 is 14.5 Å². The molecular weight excluding hydrogens is 254 g/mol. The fourth-order valence-corrected chi connectivity index (χ4v) is 2.33. The summed E-state index contributed by atoms with van der Waals surface area (Å²) in [5, 5.41) is 0. The van der Waals surface area contributed by atoms with Gasteiger partial charge in [0.25, 0.3) is 0 Å². The average Bonchev–Trinajstić information content (AvgIpc) is 2.89. The molecular formula is C15H13N3O2. The van der Waals surface area contributed by atoms with Crippen LogP contribution in [0.1, 0.15) is 17.5 Å². The van der Waals surface area contributed by atoms with E-state index in [1.807, 2.05) is 37.3 Å². The molecule has 1 aromatic carbocycles. The van der Waals surface area contributed by atoms with Crippen molar-refractivity contribution in [3.8, 4) is 11.5 Å². The molecule has 0 spiro atoms. The number of ether oxygens (including phenoxy) is 2. The maximum absolute atomic E-state index is 5.93. The quantitative estimate of drug-likeness (QED) is 0.736. The van der Waals surface area contributed by atoms with Crippen LogP contribution in [0.4, 0.5) is 0 Å². The van der Waals surface area contributed by atoms with Crippen molar-refractivity contribution in [1.29, 1.82) is 0 Å². The van der Waals surface area contributed by atoms with Crippen LogP contribution in [-0.4, -0.2) is 21.6 Å². The van der Waals surface area contributed by atoms with E-state index >= 15 is 0 Å². The highest BCUT2D eigenvalue weighted by Crippen LogP contribution is 2.35. The normalized spacial score (nSPS) is 17.4. The van der Waals surface area contributed by atoms with Gasteiger partial charge >= 0.3 is 0 Å². The van der Waals surface area contributed by atoms with Crippen LogP contribution in [0.3, 0.4) is 0 Å². The Morgan fingerprint density at radius 1 is 1.25 bits per heavy atom. The van der Waals surface area contributed by atoms with Gasteiger partial charge in [-0.2, -0.15) is 0 Å². The molecule has 4 rings (SSSR count). The number of hydrogen-bond acceptors (Lipinski definition) is 4. The predicted molar refractivity (Wildman–Crippen MR) is 73.9 cm³/mol. The standard InChI is InChI=1S/C15H13N3O2/c1-9-6-10-14(16-7-9)18-15(17-10)13-8-19-11-4-2-3-5-12(11)20-13/h2-7,13H,8H2,1H3,(H,16,17,18). The Morgan fingerprint density at radius 2 is 2.10 bits per heavy atom. The van der Waals surface area contributed by atoms with Gasteiger partial charge in [-0.25, -0.2) is 9.97 Å². The summed E-state index contributed by atoms with van der Waals surface area (Å²) in [6, 6.07) is 9.67. The lowest BCUT2D eigenvalue weighted by molar-refractivity contribution is 0.0859. The van der Waals surface area contributed by atoms with Gasteiger partial charge in [-0.3, -0.25) is 0 Å². The summed E-state index contributed by atoms with van der Waals surface area (Å²) in [5.74, 6) is 2.26. The van der Waals surface area contributed by atoms with Crippen molar-refractivity contribution in [3.05, 3.63) is 47.9 Å². The van der Waals surface area contributed by atoms with E-state index in [-0.39, 0.29) is 6.10 Å². The Labute approximate surface area is 115 Å². The predicted octanol–water partition coefficient (Wildman–Crippen LogP) is 2.78. The summed E-state index contributed by atoms with van der Waals surface area (Å²) in [7, 11) is 0.